The molecule has 20 heavy (non-hydrogen) atoms. The van der Waals surface area contributed by atoms with Gasteiger partial charge in [-0.05, 0) is 44.5 Å². The van der Waals surface area contributed by atoms with Gasteiger partial charge in [-0.2, -0.15) is 0 Å². The van der Waals surface area contributed by atoms with Crippen LogP contribution in [0, 0.1) is 0 Å². The third kappa shape index (κ3) is 5.48. The molecular weight excluding hydrogens is 258 g/mol. The summed E-state index contributed by atoms with van der Waals surface area (Å²) in [5, 5.41) is 8.79. The van der Waals surface area contributed by atoms with Crippen LogP contribution in [0.1, 0.15) is 20.3 Å². The Hall–Kier alpha value is -1.75. The molecular formula is C15H23NO4. The first kappa shape index (κ1) is 16.3. The summed E-state index contributed by atoms with van der Waals surface area (Å²) in [6.07, 6.45) is 0.586. The fourth-order valence-electron chi connectivity index (χ4n) is 1.76. The maximum absolute atomic E-state index is 11.9. The summed E-state index contributed by atoms with van der Waals surface area (Å²) in [6, 6.07) is 7.18. The second kappa shape index (κ2) is 9.20. The highest BCUT2D eigenvalue weighted by atomic mass is 16.5. The van der Waals surface area contributed by atoms with Gasteiger partial charge in [0.2, 0.25) is 0 Å². The number of benzene rings is 1. The van der Waals surface area contributed by atoms with Crippen molar-refractivity contribution in [3.63, 3.8) is 0 Å². The molecule has 0 fully saturated rings. The number of nitrogens with zero attached hydrogens (tertiary/aromatic N) is 1. The van der Waals surface area contributed by atoms with Gasteiger partial charge in [-0.1, -0.05) is 0 Å². The van der Waals surface area contributed by atoms with Crippen LogP contribution in [-0.4, -0.2) is 48.8 Å². The molecule has 1 aromatic rings. The zero-order chi connectivity index (χ0) is 14.8. The van der Waals surface area contributed by atoms with Crippen LogP contribution in [0.2, 0.25) is 0 Å². The molecule has 1 rings (SSSR count). The van der Waals surface area contributed by atoms with Crippen LogP contribution in [-0.2, 0) is 4.79 Å². The van der Waals surface area contributed by atoms with Crippen LogP contribution in [0.5, 0.6) is 11.5 Å². The van der Waals surface area contributed by atoms with Gasteiger partial charge in [-0.15, -0.1) is 0 Å². The molecule has 0 unspecified atom stereocenters. The van der Waals surface area contributed by atoms with Crippen LogP contribution in [0.25, 0.3) is 0 Å². The number of likely N-dealkylation sites (N-methyl/N-ethyl adjacent to an activating group) is 1. The van der Waals surface area contributed by atoms with Crippen LogP contribution in [0.15, 0.2) is 24.3 Å². The van der Waals surface area contributed by atoms with E-state index in [9.17, 15) is 4.79 Å². The summed E-state index contributed by atoms with van der Waals surface area (Å²) in [5.41, 5.74) is 0. The van der Waals surface area contributed by atoms with E-state index < -0.39 is 0 Å². The van der Waals surface area contributed by atoms with E-state index in [-0.39, 0.29) is 19.1 Å². The number of hydrogen-bond donors (Lipinski definition) is 1. The minimum atomic E-state index is -0.0742. The quantitative estimate of drug-likeness (QED) is 0.748. The number of ether oxygens (including phenoxy) is 2. The highest BCUT2D eigenvalue weighted by Crippen LogP contribution is 2.17. The van der Waals surface area contributed by atoms with Gasteiger partial charge in [0, 0.05) is 19.7 Å². The number of hydrogen-bond acceptors (Lipinski definition) is 4. The van der Waals surface area contributed by atoms with Gasteiger partial charge in [0.25, 0.3) is 5.91 Å². The highest BCUT2D eigenvalue weighted by molar-refractivity contribution is 5.77. The smallest absolute Gasteiger partial charge is 0.260 e. The SMILES string of the molecule is CCOc1ccc(OCC(=O)N(CC)CCCO)cc1. The Morgan fingerprint density at radius 3 is 2.25 bits per heavy atom. The van der Waals surface area contributed by atoms with Gasteiger partial charge < -0.3 is 19.5 Å². The molecule has 112 valence electrons. The third-order valence-corrected chi connectivity index (χ3v) is 2.82. The molecule has 0 aliphatic heterocycles. The number of amides is 1. The maximum Gasteiger partial charge on any atom is 0.260 e. The molecule has 0 aliphatic rings. The van der Waals surface area contributed by atoms with Crippen molar-refractivity contribution in [1.29, 1.82) is 0 Å². The number of aliphatic hydroxyl groups excluding tert-OH is 1. The van der Waals surface area contributed by atoms with Gasteiger partial charge in [0.1, 0.15) is 11.5 Å². The third-order valence-electron chi connectivity index (χ3n) is 2.82. The average Bonchev–Trinajstić information content (AvgIpc) is 2.47. The van der Waals surface area contributed by atoms with Crippen molar-refractivity contribution in [1.82, 2.24) is 4.90 Å². The molecule has 0 radical (unpaired) electrons. The van der Waals surface area contributed by atoms with E-state index in [1.54, 1.807) is 17.0 Å². The number of aliphatic hydroxyl groups is 1. The van der Waals surface area contributed by atoms with E-state index in [0.29, 0.717) is 31.9 Å². The Morgan fingerprint density at radius 2 is 1.75 bits per heavy atom. The molecule has 0 saturated heterocycles. The minimum Gasteiger partial charge on any atom is -0.494 e. The molecule has 0 aromatic heterocycles. The van der Waals surface area contributed by atoms with Crippen molar-refractivity contribution in [3.8, 4) is 11.5 Å². The van der Waals surface area contributed by atoms with Gasteiger partial charge in [0.15, 0.2) is 6.61 Å². The number of rotatable bonds is 9. The van der Waals surface area contributed by atoms with Crippen LogP contribution in [0.4, 0.5) is 0 Å². The topological polar surface area (TPSA) is 59.0 Å². The molecule has 1 N–H and O–H groups in total. The normalized spacial score (nSPS) is 10.2. The molecule has 0 heterocycles. The summed E-state index contributed by atoms with van der Waals surface area (Å²) in [4.78, 5) is 13.6. The predicted octanol–water partition coefficient (Wildman–Crippen LogP) is 1.69. The first-order valence-corrected chi connectivity index (χ1v) is 6.95. The van der Waals surface area contributed by atoms with Crippen molar-refractivity contribution in [2.45, 2.75) is 20.3 Å². The zero-order valence-corrected chi connectivity index (χ0v) is 12.2. The Bertz CT molecular complexity index is 391. The number of carbonyl (C=O) groups excluding carboxylic acids is 1. The van der Waals surface area contributed by atoms with Crippen molar-refractivity contribution >= 4 is 5.91 Å². The summed E-state index contributed by atoms with van der Waals surface area (Å²) in [7, 11) is 0. The summed E-state index contributed by atoms with van der Waals surface area (Å²) in [6.45, 7) is 5.72. The van der Waals surface area contributed by atoms with Crippen LogP contribution < -0.4 is 9.47 Å². The van der Waals surface area contributed by atoms with E-state index in [1.165, 1.54) is 0 Å². The first-order chi connectivity index (χ1) is 9.71. The Morgan fingerprint density at radius 1 is 1.15 bits per heavy atom. The van der Waals surface area contributed by atoms with Crippen molar-refractivity contribution in [3.05, 3.63) is 24.3 Å². The lowest BCUT2D eigenvalue weighted by Gasteiger charge is -2.20. The van der Waals surface area contributed by atoms with E-state index in [2.05, 4.69) is 0 Å². The molecule has 0 spiro atoms. The van der Waals surface area contributed by atoms with Gasteiger partial charge in [-0.3, -0.25) is 4.79 Å². The molecule has 5 nitrogen and oxygen atoms in total. The molecule has 0 aliphatic carbocycles. The fraction of sp³-hybridized carbons (Fsp3) is 0.533. The summed E-state index contributed by atoms with van der Waals surface area (Å²) in [5.74, 6) is 1.35. The standard InChI is InChI=1S/C15H23NO4/c1-3-16(10-5-11-17)15(18)12-20-14-8-6-13(7-9-14)19-4-2/h6-9,17H,3-5,10-12H2,1-2H3. The first-order valence-electron chi connectivity index (χ1n) is 6.95. The molecule has 1 amide bonds. The van der Waals surface area contributed by atoms with Crippen LogP contribution >= 0.6 is 0 Å². The summed E-state index contributed by atoms with van der Waals surface area (Å²) >= 11 is 0. The lowest BCUT2D eigenvalue weighted by Crippen LogP contribution is -2.35. The minimum absolute atomic E-state index is 0.00719. The molecule has 0 bridgehead atoms. The average molecular weight is 281 g/mol. The van der Waals surface area contributed by atoms with Crippen molar-refractivity contribution in [2.75, 3.05) is 32.9 Å². The largest absolute Gasteiger partial charge is 0.494 e. The van der Waals surface area contributed by atoms with E-state index in [0.717, 1.165) is 5.75 Å². The Balaban J connectivity index is 2.42. The van der Waals surface area contributed by atoms with Crippen molar-refractivity contribution in [2.24, 2.45) is 0 Å². The lowest BCUT2D eigenvalue weighted by atomic mass is 10.3. The van der Waals surface area contributed by atoms with Gasteiger partial charge in [-0.25, -0.2) is 0 Å². The molecule has 0 saturated carbocycles. The highest BCUT2D eigenvalue weighted by Gasteiger charge is 2.11. The second-order valence-corrected chi connectivity index (χ2v) is 4.24. The predicted molar refractivity (Wildman–Crippen MR) is 77.1 cm³/mol. The Labute approximate surface area is 120 Å². The number of carbonyl (C=O) groups is 1. The van der Waals surface area contributed by atoms with Crippen molar-refractivity contribution < 1.29 is 19.4 Å². The monoisotopic (exact) mass is 281 g/mol. The van der Waals surface area contributed by atoms with E-state index in [4.69, 9.17) is 14.6 Å². The lowest BCUT2D eigenvalue weighted by molar-refractivity contribution is -0.133. The second-order valence-electron chi connectivity index (χ2n) is 4.24. The van der Waals surface area contributed by atoms with Gasteiger partial charge in [0.05, 0.1) is 6.61 Å². The molecule has 0 atom stereocenters. The zero-order valence-electron chi connectivity index (χ0n) is 12.2. The van der Waals surface area contributed by atoms with E-state index >= 15 is 0 Å². The van der Waals surface area contributed by atoms with E-state index in [1.807, 2.05) is 26.0 Å². The maximum atomic E-state index is 11.9. The fourth-order valence-corrected chi connectivity index (χ4v) is 1.76. The van der Waals surface area contributed by atoms with Gasteiger partial charge >= 0.3 is 0 Å². The summed E-state index contributed by atoms with van der Waals surface area (Å²) < 4.78 is 10.8. The molecule has 1 aromatic carbocycles. The van der Waals surface area contributed by atoms with Crippen LogP contribution in [0.3, 0.4) is 0 Å². The molecule has 5 heteroatoms. The Kier molecular flexibility index (Phi) is 7.50.